The van der Waals surface area contributed by atoms with Gasteiger partial charge in [-0.15, -0.1) is 11.3 Å². The van der Waals surface area contributed by atoms with E-state index in [0.717, 1.165) is 28.4 Å². The lowest BCUT2D eigenvalue weighted by molar-refractivity contribution is -0.126. The van der Waals surface area contributed by atoms with Gasteiger partial charge in [0.1, 0.15) is 11.9 Å². The molecular weight excluding hydrogens is 580 g/mol. The average molecular weight is 613 g/mol. The van der Waals surface area contributed by atoms with E-state index < -0.39 is 34.8 Å². The first-order chi connectivity index (χ1) is 19.3. The van der Waals surface area contributed by atoms with Crippen LogP contribution in [0, 0.1) is 11.8 Å². The van der Waals surface area contributed by atoms with Crippen molar-refractivity contribution in [3.63, 3.8) is 0 Å². The Morgan fingerprint density at radius 1 is 1.22 bits per heavy atom. The van der Waals surface area contributed by atoms with Crippen molar-refractivity contribution in [3.05, 3.63) is 46.8 Å². The van der Waals surface area contributed by atoms with Crippen molar-refractivity contribution in [2.75, 3.05) is 62.0 Å². The number of hydrogen-bond acceptors (Lipinski definition) is 7. The van der Waals surface area contributed by atoms with Crippen LogP contribution in [0.5, 0.6) is 5.75 Å². The van der Waals surface area contributed by atoms with E-state index in [4.69, 9.17) is 4.74 Å². The van der Waals surface area contributed by atoms with Gasteiger partial charge in [-0.1, -0.05) is 24.0 Å². The van der Waals surface area contributed by atoms with Crippen LogP contribution in [0.4, 0.5) is 34.6 Å². The van der Waals surface area contributed by atoms with Crippen LogP contribution in [0.2, 0.25) is 0 Å². The molecule has 2 heterocycles. The lowest BCUT2D eigenvalue weighted by Gasteiger charge is -2.33. The number of piperidine rings is 1. The number of hydrogen-bond donors (Lipinski definition) is 2. The molecule has 4 rings (SSSR count). The quantitative estimate of drug-likeness (QED) is 0.265. The third-order valence-corrected chi connectivity index (χ3v) is 9.30. The number of sulfonamides is 1. The van der Waals surface area contributed by atoms with Crippen LogP contribution in [0.15, 0.2) is 36.4 Å². The van der Waals surface area contributed by atoms with Gasteiger partial charge in [-0.05, 0) is 42.6 Å². The van der Waals surface area contributed by atoms with Crippen molar-refractivity contribution in [2.24, 2.45) is 0 Å². The summed E-state index contributed by atoms with van der Waals surface area (Å²) < 4.78 is 86.2. The van der Waals surface area contributed by atoms with Gasteiger partial charge in [0.15, 0.2) is 0 Å². The lowest BCUT2D eigenvalue weighted by atomic mass is 10.0. The van der Waals surface area contributed by atoms with Crippen LogP contribution in [0.25, 0.3) is 10.1 Å². The molecule has 13 heteroatoms. The minimum atomic E-state index is -4.43. The fourth-order valence-corrected chi connectivity index (χ4v) is 6.32. The number of thiophene rings is 1. The number of rotatable bonds is 8. The number of fused-ring (bicyclic) bond motifs is 1. The average Bonchev–Trinajstić information content (AvgIpc) is 3.23. The van der Waals surface area contributed by atoms with E-state index in [1.54, 1.807) is 36.4 Å². The van der Waals surface area contributed by atoms with Crippen LogP contribution < -0.4 is 19.7 Å². The van der Waals surface area contributed by atoms with Crippen LogP contribution in [0.1, 0.15) is 16.9 Å². The summed E-state index contributed by atoms with van der Waals surface area (Å²) in [4.78, 5) is 2.21. The summed E-state index contributed by atoms with van der Waals surface area (Å²) in [7, 11) is 1.27. The Morgan fingerprint density at radius 3 is 2.63 bits per heavy atom. The molecule has 0 spiro atoms. The van der Waals surface area contributed by atoms with Gasteiger partial charge in [0.05, 0.1) is 59.0 Å². The highest BCUT2D eigenvalue weighted by Gasteiger charge is 2.32. The van der Waals surface area contributed by atoms with E-state index in [1.807, 2.05) is 11.9 Å². The molecule has 2 N–H and O–H groups in total. The summed E-state index contributed by atoms with van der Waals surface area (Å²) in [5, 5.41) is 6.75. The van der Waals surface area contributed by atoms with Crippen molar-refractivity contribution in [3.8, 4) is 17.6 Å². The van der Waals surface area contributed by atoms with E-state index in [-0.39, 0.29) is 12.1 Å². The third-order valence-electron chi connectivity index (χ3n) is 6.90. The smallest absolute Gasteiger partial charge is 0.393 e. The summed E-state index contributed by atoms with van der Waals surface area (Å²) in [5.74, 6) is 6.18. The second-order valence-electron chi connectivity index (χ2n) is 9.97. The molecular formula is C28H32F4N4O3S2. The first-order valence-corrected chi connectivity index (χ1v) is 15.5. The number of methoxy groups -OCH3 is 1. The molecule has 1 aliphatic rings. The Hall–Kier alpha value is -3.21. The van der Waals surface area contributed by atoms with E-state index >= 15 is 0 Å². The Morgan fingerprint density at radius 2 is 1.98 bits per heavy atom. The number of halogens is 4. The van der Waals surface area contributed by atoms with Gasteiger partial charge < -0.3 is 20.3 Å². The number of nitrogens with one attached hydrogen (secondary N) is 2. The molecule has 2 aromatic carbocycles. The maximum Gasteiger partial charge on any atom is 0.393 e. The van der Waals surface area contributed by atoms with Gasteiger partial charge in [-0.3, -0.25) is 4.31 Å². The first kappa shape index (κ1) is 30.7. The molecule has 0 bridgehead atoms. The maximum atomic E-state index is 14.7. The topological polar surface area (TPSA) is 73.9 Å². The molecule has 0 unspecified atom stereocenters. The van der Waals surface area contributed by atoms with Crippen LogP contribution in [-0.4, -0.2) is 78.8 Å². The molecule has 0 radical (unpaired) electrons. The number of ether oxygens (including phenoxy) is 1. The van der Waals surface area contributed by atoms with Gasteiger partial charge in [-0.25, -0.2) is 12.8 Å². The number of benzene rings is 2. The van der Waals surface area contributed by atoms with Crippen molar-refractivity contribution >= 4 is 48.5 Å². The fraction of sp³-hybridized carbons (Fsp3) is 0.429. The van der Waals surface area contributed by atoms with Gasteiger partial charge in [-0.2, -0.15) is 13.2 Å². The number of likely N-dealkylation sites (tertiary alicyclic amines) is 1. The van der Waals surface area contributed by atoms with Crippen LogP contribution in [0.3, 0.4) is 0 Å². The third kappa shape index (κ3) is 7.55. The van der Waals surface area contributed by atoms with Crippen molar-refractivity contribution in [1.29, 1.82) is 0 Å². The van der Waals surface area contributed by atoms with Crippen LogP contribution >= 0.6 is 11.3 Å². The summed E-state index contributed by atoms with van der Waals surface area (Å²) in [5.41, 5.74) is 1.65. The van der Waals surface area contributed by atoms with E-state index in [0.29, 0.717) is 50.7 Å². The summed E-state index contributed by atoms with van der Waals surface area (Å²) in [6, 6.07) is 9.46. The minimum Gasteiger partial charge on any atom is -0.495 e. The van der Waals surface area contributed by atoms with E-state index in [1.165, 1.54) is 14.2 Å². The van der Waals surface area contributed by atoms with Gasteiger partial charge >= 0.3 is 6.18 Å². The molecule has 0 aliphatic carbocycles. The monoisotopic (exact) mass is 612 g/mol. The highest BCUT2D eigenvalue weighted by molar-refractivity contribution is 7.92. The van der Waals surface area contributed by atoms with Crippen LogP contribution in [-0.2, 0) is 16.4 Å². The Bertz CT molecular complexity index is 1560. The molecule has 1 aliphatic heterocycles. The number of anilines is 3. The molecule has 0 saturated carbocycles. The predicted molar refractivity (Wildman–Crippen MR) is 158 cm³/mol. The molecule has 222 valence electrons. The Labute approximate surface area is 241 Å². The summed E-state index contributed by atoms with van der Waals surface area (Å²) in [6.07, 6.45) is -4.98. The largest absolute Gasteiger partial charge is 0.495 e. The SMILES string of the molecule is COc1cc(N(C)S(C)(=O)=O)ccc1NCC#Cc1sc2c(N[C@H]3CCN(C)C[C@H]3F)cccc2c1CC(F)(F)F. The highest BCUT2D eigenvalue weighted by Crippen LogP contribution is 2.39. The summed E-state index contributed by atoms with van der Waals surface area (Å²) in [6.45, 7) is 1.12. The standard InChI is InChI=1S/C28H32F4N4O3S2/c1-35-14-12-22(21(29)17-35)34-24-8-5-7-19-20(16-28(30,31)32)26(40-27(19)24)9-6-13-33-23-11-10-18(15-25(23)39-3)36(2)41(4,37)38/h5,7-8,10-11,15,21-22,33-34H,12-14,16-17H2,1-4H3/t21-,22+/m1/s1. The fourth-order valence-electron chi connectivity index (χ4n) is 4.66. The molecule has 1 fully saturated rings. The predicted octanol–water partition coefficient (Wildman–Crippen LogP) is 5.33. The number of alkyl halides is 4. The van der Waals surface area contributed by atoms with Crippen molar-refractivity contribution < 1.29 is 30.7 Å². The normalized spacial score (nSPS) is 18.0. The molecule has 3 aromatic rings. The second-order valence-corrected chi connectivity index (χ2v) is 13.0. The van der Waals surface area contributed by atoms with E-state index in [2.05, 4.69) is 22.5 Å². The maximum absolute atomic E-state index is 14.7. The zero-order chi connectivity index (χ0) is 29.9. The van der Waals surface area contributed by atoms with E-state index in [9.17, 15) is 26.0 Å². The zero-order valence-corrected chi connectivity index (χ0v) is 24.7. The molecule has 7 nitrogen and oxygen atoms in total. The molecule has 41 heavy (non-hydrogen) atoms. The number of nitrogens with zero attached hydrogens (tertiary/aromatic N) is 2. The first-order valence-electron chi connectivity index (χ1n) is 12.8. The van der Waals surface area contributed by atoms with Gasteiger partial charge in [0.25, 0.3) is 0 Å². The summed E-state index contributed by atoms with van der Waals surface area (Å²) >= 11 is 1.16. The highest BCUT2D eigenvalue weighted by atomic mass is 32.2. The molecule has 0 amide bonds. The van der Waals surface area contributed by atoms with Gasteiger partial charge in [0.2, 0.25) is 10.0 Å². The molecule has 1 saturated heterocycles. The lowest BCUT2D eigenvalue weighted by Crippen LogP contribution is -2.46. The molecule has 1 aromatic heterocycles. The van der Waals surface area contributed by atoms with Crippen molar-refractivity contribution in [1.82, 2.24) is 4.90 Å². The van der Waals surface area contributed by atoms with Gasteiger partial charge in [0, 0.05) is 26.2 Å². The Kier molecular flexibility index (Phi) is 9.25. The zero-order valence-electron chi connectivity index (χ0n) is 23.1. The second kappa shape index (κ2) is 12.3. The molecule has 2 atom stereocenters. The minimum absolute atomic E-state index is 0.0968. The Balaban J connectivity index is 1.59. The van der Waals surface area contributed by atoms with Crippen molar-refractivity contribution in [2.45, 2.75) is 31.2 Å².